The maximum atomic E-state index is 12.1. The van der Waals surface area contributed by atoms with Crippen LogP contribution in [0.1, 0.15) is 25.7 Å². The number of nitrogens with one attached hydrogen (secondary N) is 2. The number of hydrogen-bond donors (Lipinski definition) is 2. The number of rotatable bonds is 5. The van der Waals surface area contributed by atoms with Gasteiger partial charge in [-0.15, -0.1) is 0 Å². The maximum Gasteiger partial charge on any atom is 0.232 e. The Morgan fingerprint density at radius 2 is 2.20 bits per heavy atom. The maximum absolute atomic E-state index is 12.1. The minimum absolute atomic E-state index is 0.118. The lowest BCUT2D eigenvalue weighted by Gasteiger charge is -2.23. The van der Waals surface area contributed by atoms with Crippen molar-refractivity contribution < 1.29 is 8.42 Å². The molecule has 1 aromatic rings. The van der Waals surface area contributed by atoms with Gasteiger partial charge in [-0.25, -0.2) is 8.42 Å². The molecule has 4 nitrogen and oxygen atoms in total. The average molecular weight is 429 g/mol. The minimum Gasteiger partial charge on any atom is -0.314 e. The molecule has 1 heterocycles. The molecule has 0 spiro atoms. The zero-order valence-electron chi connectivity index (χ0n) is 11.0. The lowest BCUT2D eigenvalue weighted by Crippen LogP contribution is -2.36. The van der Waals surface area contributed by atoms with Gasteiger partial charge >= 0.3 is 0 Å². The molecule has 0 aromatic heterocycles. The molecule has 1 aliphatic heterocycles. The third-order valence-electron chi connectivity index (χ3n) is 3.34. The van der Waals surface area contributed by atoms with Gasteiger partial charge in [0.1, 0.15) is 0 Å². The molecule has 20 heavy (non-hydrogen) atoms. The number of halogens is 2. The summed E-state index contributed by atoms with van der Waals surface area (Å²) in [7, 11) is -3.35. The van der Waals surface area contributed by atoms with Crippen LogP contribution < -0.4 is 10.0 Å². The van der Waals surface area contributed by atoms with E-state index < -0.39 is 10.0 Å². The lowest BCUT2D eigenvalue weighted by atomic mass is 10.0. The molecule has 7 heteroatoms. The molecule has 0 bridgehead atoms. The van der Waals surface area contributed by atoms with Gasteiger partial charge in [-0.1, -0.05) is 18.0 Å². The van der Waals surface area contributed by atoms with Gasteiger partial charge in [-0.05, 0) is 66.6 Å². The van der Waals surface area contributed by atoms with Crippen LogP contribution in [0.15, 0.2) is 18.2 Å². The molecule has 1 aliphatic rings. The Balaban J connectivity index is 1.93. The monoisotopic (exact) mass is 428 g/mol. The SMILES string of the molecule is O=S(=O)(CCC1CCCCN1)Nc1ccc(I)cc1Cl. The van der Waals surface area contributed by atoms with Crippen molar-refractivity contribution in [2.45, 2.75) is 31.7 Å². The molecule has 0 aliphatic carbocycles. The normalized spacial score (nSPS) is 19.8. The summed E-state index contributed by atoms with van der Waals surface area (Å²) in [5.74, 6) is 0.118. The number of anilines is 1. The Morgan fingerprint density at radius 3 is 2.85 bits per heavy atom. The van der Waals surface area contributed by atoms with Gasteiger partial charge in [0.25, 0.3) is 0 Å². The van der Waals surface area contributed by atoms with Gasteiger partial charge in [-0.2, -0.15) is 0 Å². The zero-order chi connectivity index (χ0) is 14.6. The molecular formula is C13H18ClIN2O2S. The summed E-state index contributed by atoms with van der Waals surface area (Å²) in [4.78, 5) is 0. The molecule has 112 valence electrons. The Hall–Kier alpha value is -0.0500. The first-order chi connectivity index (χ1) is 9.46. The number of piperidine rings is 1. The molecule has 1 aromatic carbocycles. The second-order valence-electron chi connectivity index (χ2n) is 4.98. The van der Waals surface area contributed by atoms with Crippen LogP contribution in [0.3, 0.4) is 0 Å². The van der Waals surface area contributed by atoms with Crippen molar-refractivity contribution in [1.29, 1.82) is 0 Å². The molecule has 2 rings (SSSR count). The van der Waals surface area contributed by atoms with E-state index in [-0.39, 0.29) is 5.75 Å². The van der Waals surface area contributed by atoms with E-state index in [4.69, 9.17) is 11.6 Å². The van der Waals surface area contributed by atoms with Gasteiger partial charge in [-0.3, -0.25) is 4.72 Å². The summed E-state index contributed by atoms with van der Waals surface area (Å²) >= 11 is 8.18. The molecule has 0 amide bonds. The topological polar surface area (TPSA) is 58.2 Å². The Morgan fingerprint density at radius 1 is 1.40 bits per heavy atom. The fraction of sp³-hybridized carbons (Fsp3) is 0.538. The minimum atomic E-state index is -3.35. The highest BCUT2D eigenvalue weighted by molar-refractivity contribution is 14.1. The predicted molar refractivity (Wildman–Crippen MR) is 91.8 cm³/mol. The second-order valence-corrected chi connectivity index (χ2v) is 8.48. The van der Waals surface area contributed by atoms with E-state index in [1.165, 1.54) is 12.8 Å². The van der Waals surface area contributed by atoms with Crippen molar-refractivity contribution in [3.63, 3.8) is 0 Å². The predicted octanol–water partition coefficient (Wildman–Crippen LogP) is 3.22. The van der Waals surface area contributed by atoms with Crippen LogP contribution >= 0.6 is 34.2 Å². The summed E-state index contributed by atoms with van der Waals surface area (Å²) in [6.45, 7) is 0.987. The van der Waals surface area contributed by atoms with Crippen LogP contribution in [0, 0.1) is 3.57 Å². The molecule has 1 unspecified atom stereocenters. The summed E-state index contributed by atoms with van der Waals surface area (Å²) in [6.07, 6.45) is 4.05. The van der Waals surface area contributed by atoms with E-state index in [9.17, 15) is 8.42 Å². The van der Waals surface area contributed by atoms with Crippen LogP contribution in [0.2, 0.25) is 5.02 Å². The highest BCUT2D eigenvalue weighted by Gasteiger charge is 2.18. The largest absolute Gasteiger partial charge is 0.314 e. The van der Waals surface area contributed by atoms with Crippen LogP contribution in [0.25, 0.3) is 0 Å². The molecule has 1 atom stereocenters. The Kier molecular flexibility index (Phi) is 5.95. The van der Waals surface area contributed by atoms with E-state index in [0.29, 0.717) is 23.2 Å². The highest BCUT2D eigenvalue weighted by atomic mass is 127. The fourth-order valence-corrected chi connectivity index (χ4v) is 4.43. The van der Waals surface area contributed by atoms with E-state index >= 15 is 0 Å². The molecule has 0 radical (unpaired) electrons. The lowest BCUT2D eigenvalue weighted by molar-refractivity contribution is 0.393. The quantitative estimate of drug-likeness (QED) is 0.708. The van der Waals surface area contributed by atoms with Crippen LogP contribution in [0.4, 0.5) is 5.69 Å². The van der Waals surface area contributed by atoms with Gasteiger partial charge in [0.15, 0.2) is 0 Å². The Labute approximate surface area is 138 Å². The average Bonchev–Trinajstić information content (AvgIpc) is 2.41. The summed E-state index contributed by atoms with van der Waals surface area (Å²) in [5.41, 5.74) is 0.448. The van der Waals surface area contributed by atoms with Crippen LogP contribution in [0.5, 0.6) is 0 Å². The van der Waals surface area contributed by atoms with Gasteiger partial charge in [0, 0.05) is 9.61 Å². The van der Waals surface area contributed by atoms with Crippen LogP contribution in [-0.2, 0) is 10.0 Å². The zero-order valence-corrected chi connectivity index (χ0v) is 14.8. The van der Waals surface area contributed by atoms with E-state index in [0.717, 1.165) is 16.5 Å². The standard InChI is InChI=1S/C13H18ClIN2O2S/c14-12-9-10(15)4-5-13(12)17-20(18,19)8-6-11-3-1-2-7-16-11/h4-5,9,11,16-17H,1-3,6-8H2. The molecular weight excluding hydrogens is 411 g/mol. The van der Waals surface area contributed by atoms with Crippen molar-refractivity contribution in [2.24, 2.45) is 0 Å². The number of benzene rings is 1. The summed E-state index contributed by atoms with van der Waals surface area (Å²) < 4.78 is 27.7. The van der Waals surface area contributed by atoms with Crippen molar-refractivity contribution in [3.05, 3.63) is 26.8 Å². The van der Waals surface area contributed by atoms with Crippen molar-refractivity contribution in [2.75, 3.05) is 17.0 Å². The summed E-state index contributed by atoms with van der Waals surface area (Å²) in [5, 5.41) is 3.78. The van der Waals surface area contributed by atoms with E-state index in [2.05, 4.69) is 32.6 Å². The van der Waals surface area contributed by atoms with Gasteiger partial charge in [0.2, 0.25) is 10.0 Å². The first kappa shape index (κ1) is 16.3. The Bertz CT molecular complexity index is 559. The van der Waals surface area contributed by atoms with Crippen molar-refractivity contribution in [1.82, 2.24) is 5.32 Å². The van der Waals surface area contributed by atoms with Crippen molar-refractivity contribution >= 4 is 49.9 Å². The molecule has 1 saturated heterocycles. The first-order valence-corrected chi connectivity index (χ1v) is 9.76. The van der Waals surface area contributed by atoms with Crippen LogP contribution in [-0.4, -0.2) is 26.8 Å². The van der Waals surface area contributed by atoms with Crippen molar-refractivity contribution in [3.8, 4) is 0 Å². The second kappa shape index (κ2) is 7.29. The number of hydrogen-bond acceptors (Lipinski definition) is 3. The highest BCUT2D eigenvalue weighted by Crippen LogP contribution is 2.25. The summed E-state index contributed by atoms with van der Waals surface area (Å²) in [6, 6.07) is 5.57. The molecule has 1 fully saturated rings. The first-order valence-electron chi connectivity index (χ1n) is 6.65. The molecule has 2 N–H and O–H groups in total. The third-order valence-corrected chi connectivity index (χ3v) is 5.63. The third kappa shape index (κ3) is 5.05. The fourth-order valence-electron chi connectivity index (χ4n) is 2.26. The number of sulfonamides is 1. The van der Waals surface area contributed by atoms with E-state index in [1.54, 1.807) is 12.1 Å². The van der Waals surface area contributed by atoms with Gasteiger partial charge < -0.3 is 5.32 Å². The molecule has 0 saturated carbocycles. The van der Waals surface area contributed by atoms with E-state index in [1.807, 2.05) is 6.07 Å². The van der Waals surface area contributed by atoms with Gasteiger partial charge in [0.05, 0.1) is 16.5 Å². The smallest absolute Gasteiger partial charge is 0.232 e.